The summed E-state index contributed by atoms with van der Waals surface area (Å²) in [5.41, 5.74) is 6.77. The van der Waals surface area contributed by atoms with Gasteiger partial charge in [0.1, 0.15) is 7.05 Å². The molecule has 1 aromatic heterocycles. The van der Waals surface area contributed by atoms with Gasteiger partial charge in [-0.15, -0.1) is 0 Å². The molecule has 1 aromatic carbocycles. The van der Waals surface area contributed by atoms with Gasteiger partial charge in [-0.05, 0) is 37.0 Å². The summed E-state index contributed by atoms with van der Waals surface area (Å²) >= 11 is 0. The number of aryl methyl sites for hydroxylation is 1. The maximum Gasteiger partial charge on any atom is 0.212 e. The second-order valence-corrected chi connectivity index (χ2v) is 5.80. The van der Waals surface area contributed by atoms with Gasteiger partial charge in [0, 0.05) is 24.1 Å². The largest absolute Gasteiger partial charge is 0.212 e. The van der Waals surface area contributed by atoms with Crippen LogP contribution in [0.4, 0.5) is 0 Å². The fourth-order valence-corrected chi connectivity index (χ4v) is 2.59. The van der Waals surface area contributed by atoms with Crippen LogP contribution in [0.25, 0.3) is 11.3 Å². The zero-order valence-corrected chi connectivity index (χ0v) is 12.7. The van der Waals surface area contributed by atoms with Gasteiger partial charge < -0.3 is 0 Å². The molecule has 0 saturated carbocycles. The molecule has 19 heavy (non-hydrogen) atoms. The second-order valence-electron chi connectivity index (χ2n) is 5.80. The maximum absolute atomic E-state index is 2.32. The van der Waals surface area contributed by atoms with Crippen LogP contribution in [0.2, 0.25) is 0 Å². The lowest BCUT2D eigenvalue weighted by molar-refractivity contribution is -0.667. The van der Waals surface area contributed by atoms with Crippen LogP contribution in [0.15, 0.2) is 36.4 Å². The Balaban J connectivity index is 2.50. The van der Waals surface area contributed by atoms with Gasteiger partial charge >= 0.3 is 0 Å². The van der Waals surface area contributed by atoms with Crippen LogP contribution in [-0.4, -0.2) is 0 Å². The van der Waals surface area contributed by atoms with E-state index in [1.807, 2.05) is 0 Å². The average molecular weight is 254 g/mol. The first-order chi connectivity index (χ1) is 9.00. The number of aromatic nitrogens is 1. The molecule has 100 valence electrons. The van der Waals surface area contributed by atoms with E-state index in [9.17, 15) is 0 Å². The van der Waals surface area contributed by atoms with E-state index in [0.717, 1.165) is 6.42 Å². The lowest BCUT2D eigenvalue weighted by atomic mass is 9.99. The van der Waals surface area contributed by atoms with Gasteiger partial charge in [-0.1, -0.05) is 32.0 Å². The predicted octanol–water partition coefficient (Wildman–Crippen LogP) is 3.99. The monoisotopic (exact) mass is 254 g/mol. The summed E-state index contributed by atoms with van der Waals surface area (Å²) in [7, 11) is 2.17. The van der Waals surface area contributed by atoms with Crippen molar-refractivity contribution in [3.05, 3.63) is 53.2 Å². The van der Waals surface area contributed by atoms with Crippen molar-refractivity contribution in [2.45, 2.75) is 34.1 Å². The van der Waals surface area contributed by atoms with Gasteiger partial charge in [0.05, 0.1) is 0 Å². The molecular formula is C18H24N+. The first-order valence-corrected chi connectivity index (χ1v) is 7.05. The highest BCUT2D eigenvalue weighted by Crippen LogP contribution is 2.21. The Morgan fingerprint density at radius 1 is 1.00 bits per heavy atom. The Morgan fingerprint density at radius 2 is 1.68 bits per heavy atom. The molecule has 1 heteroatoms. The first-order valence-electron chi connectivity index (χ1n) is 7.05. The Hall–Kier alpha value is -1.63. The van der Waals surface area contributed by atoms with E-state index < -0.39 is 0 Å². The molecule has 2 rings (SSSR count). The normalized spacial score (nSPS) is 11.1. The van der Waals surface area contributed by atoms with Crippen molar-refractivity contribution in [2.24, 2.45) is 13.0 Å². The number of nitrogens with zero attached hydrogens (tertiary/aromatic N) is 1. The van der Waals surface area contributed by atoms with Gasteiger partial charge in [0.15, 0.2) is 5.69 Å². The SMILES string of the molecule is Cc1ccccc1-c1ccc(CC(C)C)c(C)[n+]1C. The minimum atomic E-state index is 0.697. The highest BCUT2D eigenvalue weighted by atomic mass is 14.9. The third-order valence-corrected chi connectivity index (χ3v) is 3.82. The van der Waals surface area contributed by atoms with Gasteiger partial charge in [-0.2, -0.15) is 4.57 Å². The van der Waals surface area contributed by atoms with Crippen LogP contribution in [0.3, 0.4) is 0 Å². The van der Waals surface area contributed by atoms with Gasteiger partial charge in [0.25, 0.3) is 0 Å². The van der Waals surface area contributed by atoms with Gasteiger partial charge in [-0.3, -0.25) is 0 Å². The zero-order chi connectivity index (χ0) is 14.0. The van der Waals surface area contributed by atoms with Crippen molar-refractivity contribution >= 4 is 0 Å². The van der Waals surface area contributed by atoms with E-state index in [1.54, 1.807) is 0 Å². The number of benzene rings is 1. The Morgan fingerprint density at radius 3 is 2.32 bits per heavy atom. The van der Waals surface area contributed by atoms with E-state index >= 15 is 0 Å². The van der Waals surface area contributed by atoms with Crippen molar-refractivity contribution in [2.75, 3.05) is 0 Å². The smallest absolute Gasteiger partial charge is 0.198 e. The molecule has 0 amide bonds. The Bertz CT molecular complexity index is 582. The standard InChI is InChI=1S/C18H24N/c1-13(2)12-16-10-11-18(19(5)15(16)4)17-9-7-6-8-14(17)3/h6-11,13H,12H2,1-5H3/q+1. The molecule has 0 aliphatic rings. The van der Waals surface area contributed by atoms with Gasteiger partial charge in [-0.25, -0.2) is 0 Å². The fourth-order valence-electron chi connectivity index (χ4n) is 2.59. The third kappa shape index (κ3) is 2.86. The number of hydrogen-bond acceptors (Lipinski definition) is 0. The van der Waals surface area contributed by atoms with E-state index in [2.05, 4.69) is 75.7 Å². The summed E-state index contributed by atoms with van der Waals surface area (Å²) in [5.74, 6) is 0.697. The van der Waals surface area contributed by atoms with Crippen molar-refractivity contribution in [3.63, 3.8) is 0 Å². The molecule has 2 aromatic rings. The lowest BCUT2D eigenvalue weighted by Crippen LogP contribution is -2.36. The van der Waals surface area contributed by atoms with Crippen LogP contribution in [-0.2, 0) is 13.5 Å². The Kier molecular flexibility index (Phi) is 4.04. The van der Waals surface area contributed by atoms with Crippen LogP contribution in [0, 0.1) is 19.8 Å². The van der Waals surface area contributed by atoms with E-state index in [-0.39, 0.29) is 0 Å². The summed E-state index contributed by atoms with van der Waals surface area (Å²) in [6, 6.07) is 13.1. The molecule has 0 bridgehead atoms. The second kappa shape index (κ2) is 5.56. The van der Waals surface area contributed by atoms with E-state index in [1.165, 1.54) is 28.1 Å². The summed E-state index contributed by atoms with van der Waals surface area (Å²) in [6.07, 6.45) is 1.15. The predicted molar refractivity (Wildman–Crippen MR) is 81.1 cm³/mol. The number of rotatable bonds is 3. The molecule has 0 saturated heterocycles. The third-order valence-electron chi connectivity index (χ3n) is 3.82. The highest BCUT2D eigenvalue weighted by molar-refractivity contribution is 5.60. The van der Waals surface area contributed by atoms with Crippen molar-refractivity contribution in [3.8, 4) is 11.3 Å². The van der Waals surface area contributed by atoms with Crippen LogP contribution in [0.5, 0.6) is 0 Å². The molecule has 0 atom stereocenters. The van der Waals surface area contributed by atoms with Gasteiger partial charge in [0.2, 0.25) is 5.69 Å². The van der Waals surface area contributed by atoms with Crippen molar-refractivity contribution in [1.29, 1.82) is 0 Å². The van der Waals surface area contributed by atoms with Crippen LogP contribution < -0.4 is 4.57 Å². The summed E-state index contributed by atoms with van der Waals surface area (Å²) in [4.78, 5) is 0. The molecule has 0 radical (unpaired) electrons. The molecular weight excluding hydrogens is 230 g/mol. The average Bonchev–Trinajstić information content (AvgIpc) is 2.36. The Labute approximate surface area is 116 Å². The lowest BCUT2D eigenvalue weighted by Gasteiger charge is -2.10. The fraction of sp³-hybridized carbons (Fsp3) is 0.389. The molecule has 0 fully saturated rings. The van der Waals surface area contributed by atoms with Crippen molar-refractivity contribution < 1.29 is 4.57 Å². The molecule has 1 heterocycles. The van der Waals surface area contributed by atoms with Crippen molar-refractivity contribution in [1.82, 2.24) is 0 Å². The minimum absolute atomic E-state index is 0.697. The maximum atomic E-state index is 2.32. The summed E-state index contributed by atoms with van der Waals surface area (Å²) < 4.78 is 2.32. The molecule has 0 aliphatic carbocycles. The quantitative estimate of drug-likeness (QED) is 0.729. The number of pyridine rings is 1. The molecule has 1 nitrogen and oxygen atoms in total. The number of hydrogen-bond donors (Lipinski definition) is 0. The van der Waals surface area contributed by atoms with E-state index in [0.29, 0.717) is 5.92 Å². The topological polar surface area (TPSA) is 3.88 Å². The first kappa shape index (κ1) is 13.8. The van der Waals surface area contributed by atoms with Crippen LogP contribution >= 0.6 is 0 Å². The molecule has 0 N–H and O–H groups in total. The summed E-state index contributed by atoms with van der Waals surface area (Å²) in [5, 5.41) is 0. The van der Waals surface area contributed by atoms with E-state index in [4.69, 9.17) is 0 Å². The molecule has 0 aliphatic heterocycles. The highest BCUT2D eigenvalue weighted by Gasteiger charge is 2.17. The van der Waals surface area contributed by atoms with Crippen LogP contribution in [0.1, 0.15) is 30.7 Å². The minimum Gasteiger partial charge on any atom is -0.198 e. The summed E-state index contributed by atoms with van der Waals surface area (Å²) in [6.45, 7) is 8.94. The molecule has 0 spiro atoms. The molecule has 0 unspecified atom stereocenters. The zero-order valence-electron chi connectivity index (χ0n) is 12.7.